The zero-order valence-corrected chi connectivity index (χ0v) is 9.47. The van der Waals surface area contributed by atoms with Gasteiger partial charge in [0.15, 0.2) is 0 Å². The maximum Gasteiger partial charge on any atom is 0.0155 e. The SMILES string of the molecule is CCN1CCCC(CCC2(N)CC2)C1. The van der Waals surface area contributed by atoms with Crippen molar-refractivity contribution >= 4 is 0 Å². The molecule has 0 bridgehead atoms. The highest BCUT2D eigenvalue weighted by Gasteiger charge is 2.38. The van der Waals surface area contributed by atoms with Crippen molar-refractivity contribution < 1.29 is 0 Å². The normalized spacial score (nSPS) is 31.7. The summed E-state index contributed by atoms with van der Waals surface area (Å²) in [5.41, 5.74) is 6.39. The number of nitrogens with zero attached hydrogens (tertiary/aromatic N) is 1. The summed E-state index contributed by atoms with van der Waals surface area (Å²) in [5, 5.41) is 0. The first kappa shape index (κ1) is 10.4. The number of rotatable bonds is 4. The van der Waals surface area contributed by atoms with E-state index in [9.17, 15) is 0 Å². The Kier molecular flexibility index (Phi) is 3.13. The van der Waals surface area contributed by atoms with Gasteiger partial charge in [0.1, 0.15) is 0 Å². The summed E-state index contributed by atoms with van der Waals surface area (Å²) in [6.45, 7) is 6.14. The van der Waals surface area contributed by atoms with Gasteiger partial charge in [0.05, 0.1) is 0 Å². The van der Waals surface area contributed by atoms with E-state index in [0.717, 1.165) is 5.92 Å². The van der Waals surface area contributed by atoms with E-state index < -0.39 is 0 Å². The Morgan fingerprint density at radius 1 is 1.43 bits per heavy atom. The number of piperidine rings is 1. The second kappa shape index (κ2) is 4.19. The molecule has 1 atom stereocenters. The predicted molar refractivity (Wildman–Crippen MR) is 60.2 cm³/mol. The molecule has 1 heterocycles. The summed E-state index contributed by atoms with van der Waals surface area (Å²) < 4.78 is 0. The van der Waals surface area contributed by atoms with Gasteiger partial charge in [-0.05, 0) is 57.5 Å². The number of hydrogen-bond donors (Lipinski definition) is 1. The van der Waals surface area contributed by atoms with E-state index in [2.05, 4.69) is 11.8 Å². The first-order valence-electron chi connectivity index (χ1n) is 6.23. The lowest BCUT2D eigenvalue weighted by molar-refractivity contribution is 0.172. The van der Waals surface area contributed by atoms with Gasteiger partial charge < -0.3 is 10.6 Å². The summed E-state index contributed by atoms with van der Waals surface area (Å²) in [6.07, 6.45) is 8.03. The maximum absolute atomic E-state index is 6.12. The van der Waals surface area contributed by atoms with Crippen LogP contribution in [0, 0.1) is 5.92 Å². The molecule has 2 N–H and O–H groups in total. The van der Waals surface area contributed by atoms with Gasteiger partial charge in [-0.25, -0.2) is 0 Å². The molecule has 2 fully saturated rings. The van der Waals surface area contributed by atoms with Gasteiger partial charge >= 0.3 is 0 Å². The van der Waals surface area contributed by atoms with E-state index in [1.54, 1.807) is 0 Å². The Balaban J connectivity index is 1.69. The molecular formula is C12H24N2. The van der Waals surface area contributed by atoms with Crippen LogP contribution in [0.3, 0.4) is 0 Å². The number of nitrogens with two attached hydrogens (primary N) is 1. The van der Waals surface area contributed by atoms with Crippen LogP contribution in [0.2, 0.25) is 0 Å². The van der Waals surface area contributed by atoms with Crippen LogP contribution < -0.4 is 5.73 Å². The van der Waals surface area contributed by atoms with Crippen molar-refractivity contribution in [3.05, 3.63) is 0 Å². The number of hydrogen-bond acceptors (Lipinski definition) is 2. The maximum atomic E-state index is 6.12. The van der Waals surface area contributed by atoms with E-state index in [1.807, 2.05) is 0 Å². The summed E-state index contributed by atoms with van der Waals surface area (Å²) in [4.78, 5) is 2.59. The predicted octanol–water partition coefficient (Wildman–Crippen LogP) is 1.99. The molecule has 1 aliphatic heterocycles. The van der Waals surface area contributed by atoms with Crippen molar-refractivity contribution in [2.75, 3.05) is 19.6 Å². The van der Waals surface area contributed by atoms with Gasteiger partial charge in [-0.15, -0.1) is 0 Å². The van der Waals surface area contributed by atoms with Crippen molar-refractivity contribution in [2.45, 2.75) is 51.0 Å². The molecule has 1 saturated heterocycles. The molecule has 2 heteroatoms. The molecule has 0 spiro atoms. The van der Waals surface area contributed by atoms with Gasteiger partial charge in [0, 0.05) is 12.1 Å². The van der Waals surface area contributed by atoms with E-state index in [4.69, 9.17) is 5.73 Å². The highest BCUT2D eigenvalue weighted by molar-refractivity contribution is 4.98. The van der Waals surface area contributed by atoms with Crippen molar-refractivity contribution in [1.29, 1.82) is 0 Å². The molecule has 2 rings (SSSR count). The average molecular weight is 196 g/mol. The second-order valence-corrected chi connectivity index (χ2v) is 5.30. The fraction of sp³-hybridized carbons (Fsp3) is 1.00. The third-order valence-corrected chi connectivity index (χ3v) is 3.99. The highest BCUT2D eigenvalue weighted by Crippen LogP contribution is 2.38. The van der Waals surface area contributed by atoms with Gasteiger partial charge in [-0.1, -0.05) is 6.92 Å². The van der Waals surface area contributed by atoms with Crippen LogP contribution in [0.1, 0.15) is 45.4 Å². The molecule has 0 aromatic heterocycles. The van der Waals surface area contributed by atoms with Crippen LogP contribution in [-0.4, -0.2) is 30.1 Å². The molecule has 0 aromatic rings. The van der Waals surface area contributed by atoms with Gasteiger partial charge in [-0.2, -0.15) is 0 Å². The van der Waals surface area contributed by atoms with Crippen LogP contribution in [-0.2, 0) is 0 Å². The topological polar surface area (TPSA) is 29.3 Å². The van der Waals surface area contributed by atoms with Crippen molar-refractivity contribution in [3.8, 4) is 0 Å². The van der Waals surface area contributed by atoms with Crippen LogP contribution >= 0.6 is 0 Å². The van der Waals surface area contributed by atoms with Crippen molar-refractivity contribution in [1.82, 2.24) is 4.90 Å². The Morgan fingerprint density at radius 3 is 2.86 bits per heavy atom. The summed E-state index contributed by atoms with van der Waals surface area (Å²) in [7, 11) is 0. The van der Waals surface area contributed by atoms with Gasteiger partial charge in [0.2, 0.25) is 0 Å². The van der Waals surface area contributed by atoms with Crippen molar-refractivity contribution in [3.63, 3.8) is 0 Å². The monoisotopic (exact) mass is 196 g/mol. The Hall–Kier alpha value is -0.0800. The van der Waals surface area contributed by atoms with Crippen LogP contribution in [0.15, 0.2) is 0 Å². The van der Waals surface area contributed by atoms with Crippen LogP contribution in [0.5, 0.6) is 0 Å². The molecule has 1 aliphatic carbocycles. The molecule has 14 heavy (non-hydrogen) atoms. The van der Waals surface area contributed by atoms with E-state index >= 15 is 0 Å². The molecule has 2 nitrogen and oxygen atoms in total. The molecule has 2 aliphatic rings. The Bertz CT molecular complexity index is 187. The smallest absolute Gasteiger partial charge is 0.0155 e. The van der Waals surface area contributed by atoms with Crippen LogP contribution in [0.4, 0.5) is 0 Å². The Labute approximate surface area is 87.8 Å². The molecule has 0 amide bonds. The molecule has 0 radical (unpaired) electrons. The summed E-state index contributed by atoms with van der Waals surface area (Å²) in [6, 6.07) is 0. The lowest BCUT2D eigenvalue weighted by Gasteiger charge is -2.32. The quantitative estimate of drug-likeness (QED) is 0.745. The minimum atomic E-state index is 0.272. The first-order chi connectivity index (χ1) is 6.72. The summed E-state index contributed by atoms with van der Waals surface area (Å²) >= 11 is 0. The largest absolute Gasteiger partial charge is 0.325 e. The lowest BCUT2D eigenvalue weighted by atomic mass is 9.91. The lowest BCUT2D eigenvalue weighted by Crippen LogP contribution is -2.36. The van der Waals surface area contributed by atoms with Gasteiger partial charge in [-0.3, -0.25) is 0 Å². The molecule has 82 valence electrons. The molecule has 1 saturated carbocycles. The Morgan fingerprint density at radius 2 is 2.21 bits per heavy atom. The minimum Gasteiger partial charge on any atom is -0.325 e. The minimum absolute atomic E-state index is 0.272. The summed E-state index contributed by atoms with van der Waals surface area (Å²) in [5.74, 6) is 0.935. The highest BCUT2D eigenvalue weighted by atomic mass is 15.1. The van der Waals surface area contributed by atoms with Crippen molar-refractivity contribution in [2.24, 2.45) is 11.7 Å². The average Bonchev–Trinajstić information content (AvgIpc) is 2.95. The van der Waals surface area contributed by atoms with Crippen LogP contribution in [0.25, 0.3) is 0 Å². The first-order valence-corrected chi connectivity index (χ1v) is 6.23. The third-order valence-electron chi connectivity index (χ3n) is 3.99. The van der Waals surface area contributed by atoms with Gasteiger partial charge in [0.25, 0.3) is 0 Å². The van der Waals surface area contributed by atoms with E-state index in [1.165, 1.54) is 58.2 Å². The molecule has 1 unspecified atom stereocenters. The van der Waals surface area contributed by atoms with E-state index in [0.29, 0.717) is 0 Å². The fourth-order valence-electron chi connectivity index (χ4n) is 2.58. The number of likely N-dealkylation sites (tertiary alicyclic amines) is 1. The second-order valence-electron chi connectivity index (χ2n) is 5.30. The fourth-order valence-corrected chi connectivity index (χ4v) is 2.58. The molecule has 0 aromatic carbocycles. The standard InChI is InChI=1S/C12H24N2/c1-2-14-9-3-4-11(10-14)5-6-12(13)7-8-12/h11H,2-10,13H2,1H3. The van der Waals surface area contributed by atoms with E-state index in [-0.39, 0.29) is 5.54 Å². The zero-order chi connectivity index (χ0) is 10.0. The zero-order valence-electron chi connectivity index (χ0n) is 9.47. The molecular weight excluding hydrogens is 172 g/mol. The third kappa shape index (κ3) is 2.71.